The molecule has 0 radical (unpaired) electrons. The minimum Gasteiger partial charge on any atom is -0.381 e. The maximum Gasteiger partial charge on any atom is 0.423 e. The van der Waals surface area contributed by atoms with E-state index in [1.165, 1.54) is 0 Å². The van der Waals surface area contributed by atoms with E-state index in [4.69, 9.17) is 34.8 Å². The number of hydrogen-bond acceptors (Lipinski definition) is 3. The van der Waals surface area contributed by atoms with Gasteiger partial charge >= 0.3 is 6.18 Å². The molecule has 4 nitrogen and oxygen atoms in total. The Labute approximate surface area is 181 Å². The van der Waals surface area contributed by atoms with E-state index < -0.39 is 23.9 Å². The molecule has 1 amide bonds. The molecule has 0 aliphatic rings. The molecule has 1 atom stereocenters. The summed E-state index contributed by atoms with van der Waals surface area (Å²) in [6.07, 6.45) is -4.65. The molecule has 0 bridgehead atoms. The Bertz CT molecular complexity index is 853. The number of benzene rings is 2. The van der Waals surface area contributed by atoms with Crippen LogP contribution >= 0.6 is 34.8 Å². The van der Waals surface area contributed by atoms with Crippen LogP contribution in [0.5, 0.6) is 0 Å². The predicted octanol–water partition coefficient (Wildman–Crippen LogP) is 5.54. The molecule has 0 aromatic heterocycles. The summed E-state index contributed by atoms with van der Waals surface area (Å²) in [5.74, 6) is -0.109. The second-order valence-corrected chi connectivity index (χ2v) is 7.49. The Morgan fingerprint density at radius 2 is 1.62 bits per heavy atom. The van der Waals surface area contributed by atoms with Crippen LogP contribution in [0.4, 0.5) is 18.9 Å². The molecule has 0 saturated heterocycles. The summed E-state index contributed by atoms with van der Waals surface area (Å²) < 4.78 is 41.0. The quantitative estimate of drug-likeness (QED) is 0.467. The zero-order chi connectivity index (χ0) is 21.8. The van der Waals surface area contributed by atoms with E-state index in [1.807, 2.05) is 0 Å². The van der Waals surface area contributed by atoms with Crippen molar-refractivity contribution in [3.63, 3.8) is 0 Å². The average Bonchev–Trinajstić information content (AvgIpc) is 2.67. The number of aliphatic hydroxyl groups is 1. The standard InChI is InChI=1S/C19H18Cl3F3N2O2/c1-2-16(28)26-9-11-3-5-13(6-4-11)27-10-18(29,19(23,24)25)12-7-14(20)17(22)15(21)8-12/h3-8,27,29H,2,9-10H2,1H3,(H,26,28)/t18-/m1/s1. The van der Waals surface area contributed by atoms with Crippen molar-refractivity contribution in [1.29, 1.82) is 0 Å². The van der Waals surface area contributed by atoms with Gasteiger partial charge < -0.3 is 15.7 Å². The lowest BCUT2D eigenvalue weighted by Gasteiger charge is -2.32. The lowest BCUT2D eigenvalue weighted by atomic mass is 9.92. The van der Waals surface area contributed by atoms with Gasteiger partial charge in [-0.05, 0) is 35.4 Å². The molecule has 0 spiro atoms. The van der Waals surface area contributed by atoms with Gasteiger partial charge in [0.1, 0.15) is 0 Å². The van der Waals surface area contributed by atoms with Crippen LogP contribution in [0.2, 0.25) is 15.1 Å². The van der Waals surface area contributed by atoms with Crippen molar-refractivity contribution in [1.82, 2.24) is 5.32 Å². The fraction of sp³-hybridized carbons (Fsp3) is 0.316. The highest BCUT2D eigenvalue weighted by Crippen LogP contribution is 2.43. The molecule has 3 N–H and O–H groups in total. The lowest BCUT2D eigenvalue weighted by Crippen LogP contribution is -2.47. The Kier molecular flexibility index (Phi) is 7.67. The Balaban J connectivity index is 2.19. The number of amides is 1. The van der Waals surface area contributed by atoms with Gasteiger partial charge in [-0.2, -0.15) is 13.2 Å². The summed E-state index contributed by atoms with van der Waals surface area (Å²) in [6, 6.07) is 8.27. The molecule has 10 heteroatoms. The smallest absolute Gasteiger partial charge is 0.381 e. The highest BCUT2D eigenvalue weighted by atomic mass is 35.5. The third-order valence-corrected chi connectivity index (χ3v) is 5.44. The number of carbonyl (C=O) groups is 1. The fourth-order valence-corrected chi connectivity index (χ4v) is 3.05. The van der Waals surface area contributed by atoms with Crippen LogP contribution in [0, 0.1) is 0 Å². The Morgan fingerprint density at radius 1 is 1.07 bits per heavy atom. The molecule has 0 aliphatic carbocycles. The average molecular weight is 470 g/mol. The van der Waals surface area contributed by atoms with Gasteiger partial charge in [0.15, 0.2) is 0 Å². The third kappa shape index (κ3) is 5.69. The van der Waals surface area contributed by atoms with Crippen molar-refractivity contribution in [3.8, 4) is 0 Å². The topological polar surface area (TPSA) is 61.4 Å². The molecule has 2 rings (SSSR count). The van der Waals surface area contributed by atoms with Crippen molar-refractivity contribution >= 4 is 46.4 Å². The van der Waals surface area contributed by atoms with Gasteiger partial charge in [-0.25, -0.2) is 0 Å². The van der Waals surface area contributed by atoms with E-state index in [-0.39, 0.29) is 21.0 Å². The molecule has 0 heterocycles. The van der Waals surface area contributed by atoms with E-state index in [1.54, 1.807) is 31.2 Å². The summed E-state index contributed by atoms with van der Waals surface area (Å²) in [5.41, 5.74) is -2.65. The minimum atomic E-state index is -5.01. The maximum absolute atomic E-state index is 13.7. The summed E-state index contributed by atoms with van der Waals surface area (Å²) in [7, 11) is 0. The van der Waals surface area contributed by atoms with Crippen molar-refractivity contribution in [3.05, 3.63) is 62.6 Å². The van der Waals surface area contributed by atoms with Gasteiger partial charge in [-0.15, -0.1) is 0 Å². The van der Waals surface area contributed by atoms with E-state index in [2.05, 4.69) is 10.6 Å². The van der Waals surface area contributed by atoms with Gasteiger partial charge in [0.05, 0.1) is 21.6 Å². The fourth-order valence-electron chi connectivity index (χ4n) is 2.46. The van der Waals surface area contributed by atoms with Crippen molar-refractivity contribution in [2.45, 2.75) is 31.7 Å². The molecule has 0 fully saturated rings. The Morgan fingerprint density at radius 3 is 2.10 bits per heavy atom. The second kappa shape index (κ2) is 9.43. The van der Waals surface area contributed by atoms with Crippen LogP contribution in [-0.2, 0) is 16.9 Å². The summed E-state index contributed by atoms with van der Waals surface area (Å²) in [6.45, 7) is 1.16. The zero-order valence-corrected chi connectivity index (χ0v) is 17.5. The van der Waals surface area contributed by atoms with Crippen LogP contribution in [-0.4, -0.2) is 23.7 Å². The van der Waals surface area contributed by atoms with Gasteiger partial charge in [0.25, 0.3) is 0 Å². The van der Waals surface area contributed by atoms with E-state index in [9.17, 15) is 23.1 Å². The molecule has 0 unspecified atom stereocenters. The number of halogens is 6. The van der Waals surface area contributed by atoms with Crippen LogP contribution in [0.3, 0.4) is 0 Å². The Hall–Kier alpha value is -1.67. The van der Waals surface area contributed by atoms with Crippen LogP contribution in [0.25, 0.3) is 0 Å². The number of alkyl halides is 3. The molecule has 29 heavy (non-hydrogen) atoms. The van der Waals surface area contributed by atoms with Crippen molar-refractivity contribution in [2.24, 2.45) is 0 Å². The first-order valence-electron chi connectivity index (χ1n) is 8.51. The normalized spacial score (nSPS) is 13.7. The first-order valence-corrected chi connectivity index (χ1v) is 9.65. The molecular formula is C19H18Cl3F3N2O2. The van der Waals surface area contributed by atoms with E-state index >= 15 is 0 Å². The zero-order valence-electron chi connectivity index (χ0n) is 15.2. The number of carbonyl (C=O) groups excluding carboxylic acids is 1. The van der Waals surface area contributed by atoms with E-state index in [0.29, 0.717) is 18.7 Å². The van der Waals surface area contributed by atoms with Gasteiger partial charge in [0, 0.05) is 18.7 Å². The molecule has 158 valence electrons. The van der Waals surface area contributed by atoms with Crippen molar-refractivity contribution < 1.29 is 23.1 Å². The highest BCUT2D eigenvalue weighted by molar-refractivity contribution is 6.48. The molecule has 2 aromatic rings. The third-order valence-electron chi connectivity index (χ3n) is 4.24. The minimum absolute atomic E-state index is 0.0969. The molecule has 0 saturated carbocycles. The SMILES string of the molecule is CCC(=O)NCc1ccc(NC[C@@](O)(c2cc(Cl)c(Cl)c(Cl)c2)C(F)(F)F)cc1. The summed E-state index contributed by atoms with van der Waals surface area (Å²) in [4.78, 5) is 11.3. The van der Waals surface area contributed by atoms with E-state index in [0.717, 1.165) is 17.7 Å². The summed E-state index contributed by atoms with van der Waals surface area (Å²) in [5, 5.41) is 15.2. The monoisotopic (exact) mass is 468 g/mol. The van der Waals surface area contributed by atoms with Crippen LogP contribution in [0.1, 0.15) is 24.5 Å². The first kappa shape index (κ1) is 23.6. The van der Waals surface area contributed by atoms with Crippen molar-refractivity contribution in [2.75, 3.05) is 11.9 Å². The number of nitrogens with one attached hydrogen (secondary N) is 2. The van der Waals surface area contributed by atoms with Gasteiger partial charge in [-0.1, -0.05) is 53.9 Å². The lowest BCUT2D eigenvalue weighted by molar-refractivity contribution is -0.260. The van der Waals surface area contributed by atoms with Crippen LogP contribution in [0.15, 0.2) is 36.4 Å². The summed E-state index contributed by atoms with van der Waals surface area (Å²) >= 11 is 17.4. The highest BCUT2D eigenvalue weighted by Gasteiger charge is 2.55. The molecule has 0 aliphatic heterocycles. The second-order valence-electron chi connectivity index (χ2n) is 6.29. The van der Waals surface area contributed by atoms with Gasteiger partial charge in [0.2, 0.25) is 11.5 Å². The van der Waals surface area contributed by atoms with Gasteiger partial charge in [-0.3, -0.25) is 4.79 Å². The first-order chi connectivity index (χ1) is 13.5. The predicted molar refractivity (Wildman–Crippen MR) is 108 cm³/mol. The largest absolute Gasteiger partial charge is 0.423 e. The number of anilines is 1. The maximum atomic E-state index is 13.7. The number of rotatable bonds is 7. The molecular weight excluding hydrogens is 452 g/mol. The van der Waals surface area contributed by atoms with Crippen LogP contribution < -0.4 is 10.6 Å². The number of hydrogen-bond donors (Lipinski definition) is 3. The molecule has 2 aromatic carbocycles.